The lowest BCUT2D eigenvalue weighted by Crippen LogP contribution is -2.02. The summed E-state index contributed by atoms with van der Waals surface area (Å²) in [7, 11) is 0. The van der Waals surface area contributed by atoms with Crippen molar-refractivity contribution in [2.24, 2.45) is 0 Å². The number of rotatable bonds is 2. The Morgan fingerprint density at radius 3 is 3.00 bits per heavy atom. The molecule has 0 fully saturated rings. The van der Waals surface area contributed by atoms with Crippen LogP contribution in [0.2, 0.25) is 0 Å². The van der Waals surface area contributed by atoms with Gasteiger partial charge < -0.3 is 10.1 Å². The number of alkyl halides is 1. The normalized spacial score (nSPS) is 10.6. The summed E-state index contributed by atoms with van der Waals surface area (Å²) in [5, 5.41) is 9.55. The van der Waals surface area contributed by atoms with Crippen LogP contribution in [0.5, 0.6) is 0 Å². The van der Waals surface area contributed by atoms with E-state index in [1.807, 2.05) is 6.07 Å². The van der Waals surface area contributed by atoms with Crippen LogP contribution in [-0.4, -0.2) is 21.0 Å². The van der Waals surface area contributed by atoms with E-state index in [-0.39, 0.29) is 5.56 Å². The Bertz CT molecular complexity index is 493. The topological polar surface area (TPSA) is 66.0 Å². The summed E-state index contributed by atoms with van der Waals surface area (Å²) < 4.78 is 0. The third kappa shape index (κ3) is 1.29. The van der Waals surface area contributed by atoms with Gasteiger partial charge in [0.2, 0.25) is 0 Å². The van der Waals surface area contributed by atoms with Crippen molar-refractivity contribution >= 4 is 32.9 Å². The van der Waals surface area contributed by atoms with Crippen molar-refractivity contribution in [3.8, 4) is 0 Å². The number of nitrogens with one attached hydrogen (secondary N) is 1. The number of hydrogen-bond acceptors (Lipinski definition) is 2. The fraction of sp³-hybridized carbons (Fsp3) is 0.111. The van der Waals surface area contributed by atoms with Gasteiger partial charge in [-0.05, 0) is 11.6 Å². The van der Waals surface area contributed by atoms with E-state index in [4.69, 9.17) is 5.11 Å². The Labute approximate surface area is 88.1 Å². The molecular weight excluding hydrogens is 248 g/mol. The number of aromatic nitrogens is 2. The number of aromatic carboxylic acids is 1. The summed E-state index contributed by atoms with van der Waals surface area (Å²) in [6.07, 6.45) is 1.50. The Kier molecular flexibility index (Phi) is 2.25. The standard InChI is InChI=1S/C9H7BrN2O2/c10-3-5-1-2-6-8(12-4-11-6)7(5)9(13)14/h1-2,4H,3H2,(H,11,12)(H,13,14). The average Bonchev–Trinajstić information content (AvgIpc) is 2.62. The van der Waals surface area contributed by atoms with Gasteiger partial charge in [0.05, 0.1) is 17.4 Å². The zero-order valence-corrected chi connectivity index (χ0v) is 8.71. The minimum atomic E-state index is -0.947. The van der Waals surface area contributed by atoms with Gasteiger partial charge in [0.15, 0.2) is 0 Å². The first-order chi connectivity index (χ1) is 6.74. The van der Waals surface area contributed by atoms with Crippen LogP contribution >= 0.6 is 15.9 Å². The van der Waals surface area contributed by atoms with Gasteiger partial charge in [-0.3, -0.25) is 0 Å². The maximum Gasteiger partial charge on any atom is 0.338 e. The molecule has 14 heavy (non-hydrogen) atoms. The summed E-state index contributed by atoms with van der Waals surface area (Å²) in [5.74, 6) is -0.947. The van der Waals surface area contributed by atoms with Crippen molar-refractivity contribution < 1.29 is 9.90 Å². The average molecular weight is 255 g/mol. The van der Waals surface area contributed by atoms with Gasteiger partial charge in [-0.2, -0.15) is 0 Å². The van der Waals surface area contributed by atoms with E-state index >= 15 is 0 Å². The molecule has 1 aromatic carbocycles. The molecule has 72 valence electrons. The Balaban J connectivity index is 2.82. The van der Waals surface area contributed by atoms with E-state index in [0.717, 1.165) is 11.1 Å². The molecular formula is C9H7BrN2O2. The van der Waals surface area contributed by atoms with E-state index in [0.29, 0.717) is 10.8 Å². The molecule has 2 N–H and O–H groups in total. The maximum atomic E-state index is 11.0. The number of carboxylic acid groups (broad SMARTS) is 1. The number of carbonyl (C=O) groups is 1. The number of halogens is 1. The maximum absolute atomic E-state index is 11.0. The molecule has 0 aliphatic heterocycles. The van der Waals surface area contributed by atoms with Crippen molar-refractivity contribution in [2.45, 2.75) is 5.33 Å². The third-order valence-corrected chi connectivity index (χ3v) is 2.64. The van der Waals surface area contributed by atoms with Crippen LogP contribution in [-0.2, 0) is 5.33 Å². The van der Waals surface area contributed by atoms with Crippen LogP contribution in [0.15, 0.2) is 18.5 Å². The largest absolute Gasteiger partial charge is 0.478 e. The van der Waals surface area contributed by atoms with E-state index in [1.54, 1.807) is 6.07 Å². The molecule has 0 aliphatic rings. The third-order valence-electron chi connectivity index (χ3n) is 2.04. The minimum Gasteiger partial charge on any atom is -0.478 e. The second kappa shape index (κ2) is 3.42. The number of carboxylic acids is 1. The molecule has 0 spiro atoms. The summed E-state index contributed by atoms with van der Waals surface area (Å²) >= 11 is 3.25. The molecule has 0 radical (unpaired) electrons. The Morgan fingerprint density at radius 1 is 1.57 bits per heavy atom. The molecule has 0 amide bonds. The van der Waals surface area contributed by atoms with Crippen LogP contribution in [0.1, 0.15) is 15.9 Å². The highest BCUT2D eigenvalue weighted by Crippen LogP contribution is 2.21. The fourth-order valence-electron chi connectivity index (χ4n) is 1.40. The second-order valence-corrected chi connectivity index (χ2v) is 3.40. The van der Waals surface area contributed by atoms with Crippen LogP contribution in [0, 0.1) is 0 Å². The first-order valence-electron chi connectivity index (χ1n) is 3.98. The Morgan fingerprint density at radius 2 is 2.36 bits per heavy atom. The number of aromatic amines is 1. The molecule has 2 aromatic rings. The molecule has 0 unspecified atom stereocenters. The fourth-order valence-corrected chi connectivity index (χ4v) is 1.87. The first kappa shape index (κ1) is 9.21. The monoisotopic (exact) mass is 254 g/mol. The molecule has 1 heterocycles. The summed E-state index contributed by atoms with van der Waals surface area (Å²) in [6.45, 7) is 0. The first-order valence-corrected chi connectivity index (χ1v) is 5.10. The minimum absolute atomic E-state index is 0.264. The second-order valence-electron chi connectivity index (χ2n) is 2.84. The highest BCUT2D eigenvalue weighted by molar-refractivity contribution is 9.08. The summed E-state index contributed by atoms with van der Waals surface area (Å²) in [5.41, 5.74) is 2.25. The molecule has 4 nitrogen and oxygen atoms in total. The lowest BCUT2D eigenvalue weighted by Gasteiger charge is -2.02. The molecule has 0 bridgehead atoms. The molecule has 0 saturated heterocycles. The van der Waals surface area contributed by atoms with E-state index in [2.05, 4.69) is 25.9 Å². The zero-order valence-electron chi connectivity index (χ0n) is 7.12. The zero-order chi connectivity index (χ0) is 10.1. The lowest BCUT2D eigenvalue weighted by molar-refractivity contribution is 0.0698. The summed E-state index contributed by atoms with van der Waals surface area (Å²) in [4.78, 5) is 17.9. The van der Waals surface area contributed by atoms with Crippen molar-refractivity contribution in [2.75, 3.05) is 0 Å². The van der Waals surface area contributed by atoms with Crippen LogP contribution in [0.3, 0.4) is 0 Å². The number of benzene rings is 1. The quantitative estimate of drug-likeness (QED) is 0.808. The number of nitrogens with zero attached hydrogens (tertiary/aromatic N) is 1. The molecule has 2 rings (SSSR count). The van der Waals surface area contributed by atoms with Crippen LogP contribution in [0.4, 0.5) is 0 Å². The van der Waals surface area contributed by atoms with Crippen molar-refractivity contribution in [1.82, 2.24) is 9.97 Å². The van der Waals surface area contributed by atoms with E-state index in [1.165, 1.54) is 6.33 Å². The van der Waals surface area contributed by atoms with E-state index in [9.17, 15) is 4.79 Å². The summed E-state index contributed by atoms with van der Waals surface area (Å²) in [6, 6.07) is 3.60. The molecule has 5 heteroatoms. The van der Waals surface area contributed by atoms with Crippen molar-refractivity contribution in [3.05, 3.63) is 29.6 Å². The molecule has 0 aliphatic carbocycles. The molecule has 0 atom stereocenters. The lowest BCUT2D eigenvalue weighted by atomic mass is 10.1. The van der Waals surface area contributed by atoms with Crippen molar-refractivity contribution in [1.29, 1.82) is 0 Å². The molecule has 1 aromatic heterocycles. The van der Waals surface area contributed by atoms with Gasteiger partial charge >= 0.3 is 5.97 Å². The van der Waals surface area contributed by atoms with Gasteiger partial charge in [-0.1, -0.05) is 22.0 Å². The van der Waals surface area contributed by atoms with Gasteiger partial charge in [0.1, 0.15) is 5.52 Å². The van der Waals surface area contributed by atoms with Crippen LogP contribution < -0.4 is 0 Å². The van der Waals surface area contributed by atoms with Crippen molar-refractivity contribution in [3.63, 3.8) is 0 Å². The van der Waals surface area contributed by atoms with E-state index < -0.39 is 5.97 Å². The highest BCUT2D eigenvalue weighted by atomic mass is 79.9. The van der Waals surface area contributed by atoms with Crippen LogP contribution in [0.25, 0.3) is 11.0 Å². The number of H-pyrrole nitrogens is 1. The number of imidazole rings is 1. The predicted molar refractivity (Wildman–Crippen MR) is 55.7 cm³/mol. The Hall–Kier alpha value is -1.36. The van der Waals surface area contributed by atoms with Gasteiger partial charge in [0.25, 0.3) is 0 Å². The number of fused-ring (bicyclic) bond motifs is 1. The number of hydrogen-bond donors (Lipinski definition) is 2. The van der Waals surface area contributed by atoms with Gasteiger partial charge in [-0.25, -0.2) is 9.78 Å². The smallest absolute Gasteiger partial charge is 0.338 e. The van der Waals surface area contributed by atoms with Gasteiger partial charge in [0, 0.05) is 5.33 Å². The SMILES string of the molecule is O=C(O)c1c(CBr)ccc2[nH]cnc12. The molecule has 0 saturated carbocycles. The van der Waals surface area contributed by atoms with Gasteiger partial charge in [-0.15, -0.1) is 0 Å². The predicted octanol–water partition coefficient (Wildman–Crippen LogP) is 2.16. The highest BCUT2D eigenvalue weighted by Gasteiger charge is 2.15.